The van der Waals surface area contributed by atoms with Gasteiger partial charge in [0, 0.05) is 12.8 Å². The van der Waals surface area contributed by atoms with E-state index in [2.05, 4.69) is 10.3 Å². The van der Waals surface area contributed by atoms with Crippen molar-refractivity contribution in [2.45, 2.75) is 132 Å². The van der Waals surface area contributed by atoms with Crippen molar-refractivity contribution in [3.05, 3.63) is 59.7 Å². The molecule has 0 heterocycles. The molecular weight excluding hydrogens is 766 g/mol. The van der Waals surface area contributed by atoms with Crippen LogP contribution in [0.15, 0.2) is 53.5 Å². The minimum atomic E-state index is -1.51. The molecule has 0 radical (unpaired) electrons. The maximum atomic E-state index is 13.8. The van der Waals surface area contributed by atoms with Crippen molar-refractivity contribution < 1.29 is 62.0 Å². The Morgan fingerprint density at radius 2 is 1.24 bits per heavy atom. The normalized spacial score (nSPS) is 12.9. The lowest BCUT2D eigenvalue weighted by molar-refractivity contribution is -0.168. The second kappa shape index (κ2) is 21.2. The van der Waals surface area contributed by atoms with Crippen molar-refractivity contribution in [1.82, 2.24) is 10.2 Å². The van der Waals surface area contributed by atoms with E-state index in [4.69, 9.17) is 23.7 Å². The van der Waals surface area contributed by atoms with Gasteiger partial charge in [0.25, 0.3) is 0 Å². The third kappa shape index (κ3) is 19.4. The number of rotatable bonds is 16. The first kappa shape index (κ1) is 49.2. The lowest BCUT2D eigenvalue weighted by atomic mass is 9.92. The van der Waals surface area contributed by atoms with Gasteiger partial charge in [0.1, 0.15) is 52.6 Å². The molecule has 2 rings (SSSR count). The van der Waals surface area contributed by atoms with E-state index in [0.717, 1.165) is 4.90 Å². The molecule has 2 aromatic carbocycles. The van der Waals surface area contributed by atoms with E-state index in [1.165, 1.54) is 50.2 Å². The molecule has 0 bridgehead atoms. The summed E-state index contributed by atoms with van der Waals surface area (Å²) in [5.41, 5.74) is -1.36. The molecule has 0 fully saturated rings. The van der Waals surface area contributed by atoms with Crippen LogP contribution in [0.2, 0.25) is 0 Å². The SMILES string of the molecule is CC(=O)CC(C(=O)C[C@@H](CC(=O)OC(C)(C)C)C(=O)OC(C)(C)C)N(CC(C)=O)C(=O)OCc1ccc(OC(=O)c2ccc(N=C(C)NC(=O)OC(C)(C)C)cc2)cc1. The van der Waals surface area contributed by atoms with Gasteiger partial charge >= 0.3 is 30.1 Å². The second-order valence-corrected chi connectivity index (χ2v) is 16.9. The summed E-state index contributed by atoms with van der Waals surface area (Å²) in [7, 11) is 0. The predicted octanol–water partition coefficient (Wildman–Crippen LogP) is 7.00. The number of Topliss-reactive ketones (excluding diaryl/α,β-unsaturated/α-hetero) is 3. The third-order valence-corrected chi connectivity index (χ3v) is 7.45. The van der Waals surface area contributed by atoms with E-state index in [1.807, 2.05) is 0 Å². The van der Waals surface area contributed by atoms with Gasteiger partial charge in [-0.2, -0.15) is 0 Å². The molecule has 59 heavy (non-hydrogen) atoms. The van der Waals surface area contributed by atoms with E-state index < -0.39 is 102 Å². The number of ether oxygens (including phenoxy) is 5. The number of esters is 3. The average molecular weight is 824 g/mol. The van der Waals surface area contributed by atoms with E-state index in [0.29, 0.717) is 11.3 Å². The molecule has 0 aliphatic carbocycles. The summed E-state index contributed by atoms with van der Waals surface area (Å²) in [6, 6.07) is 10.7. The zero-order valence-electron chi connectivity index (χ0n) is 36.0. The summed E-state index contributed by atoms with van der Waals surface area (Å²) in [6.07, 6.45) is -3.33. The summed E-state index contributed by atoms with van der Waals surface area (Å²) in [5.74, 6) is -4.88. The number of alkyl carbamates (subject to hydrolysis) is 1. The van der Waals surface area contributed by atoms with Gasteiger partial charge in [-0.3, -0.25) is 34.2 Å². The van der Waals surface area contributed by atoms with E-state index in [-0.39, 0.29) is 23.8 Å². The summed E-state index contributed by atoms with van der Waals surface area (Å²) in [5, 5.41) is 2.53. The Hall–Kier alpha value is -5.93. The Bertz CT molecular complexity index is 1880. The van der Waals surface area contributed by atoms with Gasteiger partial charge in [0.2, 0.25) is 0 Å². The Labute approximate surface area is 345 Å². The van der Waals surface area contributed by atoms with Crippen molar-refractivity contribution in [3.63, 3.8) is 0 Å². The van der Waals surface area contributed by atoms with Gasteiger partial charge in [-0.15, -0.1) is 0 Å². The van der Waals surface area contributed by atoms with Crippen LogP contribution in [0, 0.1) is 5.92 Å². The minimum Gasteiger partial charge on any atom is -0.460 e. The Kier molecular flexibility index (Phi) is 17.7. The summed E-state index contributed by atoms with van der Waals surface area (Å²) in [6.45, 7) is 18.1. The smallest absolute Gasteiger partial charge is 0.413 e. The van der Waals surface area contributed by atoms with Gasteiger partial charge in [-0.25, -0.2) is 19.4 Å². The Balaban J connectivity index is 2.17. The molecule has 0 saturated carbocycles. The van der Waals surface area contributed by atoms with Crippen LogP contribution >= 0.6 is 0 Å². The average Bonchev–Trinajstić information content (AvgIpc) is 3.06. The van der Waals surface area contributed by atoms with Crippen molar-refractivity contribution in [2.24, 2.45) is 10.9 Å². The van der Waals surface area contributed by atoms with Crippen LogP contribution in [0.1, 0.15) is 118 Å². The molecular formula is C43H57N3O13. The van der Waals surface area contributed by atoms with Crippen molar-refractivity contribution in [1.29, 1.82) is 0 Å². The highest BCUT2D eigenvalue weighted by Gasteiger charge is 2.38. The fraction of sp³-hybridized carbons (Fsp3) is 0.512. The molecule has 16 heteroatoms. The molecule has 0 saturated heterocycles. The van der Waals surface area contributed by atoms with Crippen LogP contribution in [0.5, 0.6) is 5.75 Å². The second-order valence-electron chi connectivity index (χ2n) is 16.9. The molecule has 1 unspecified atom stereocenters. The molecule has 322 valence electrons. The maximum Gasteiger partial charge on any atom is 0.413 e. The summed E-state index contributed by atoms with van der Waals surface area (Å²) in [4.78, 5) is 108. The first-order valence-corrected chi connectivity index (χ1v) is 19.0. The van der Waals surface area contributed by atoms with Crippen LogP contribution in [0.25, 0.3) is 0 Å². The van der Waals surface area contributed by atoms with Crippen LogP contribution in [-0.2, 0) is 49.5 Å². The summed E-state index contributed by atoms with van der Waals surface area (Å²) < 4.78 is 27.0. The Morgan fingerprint density at radius 1 is 0.678 bits per heavy atom. The fourth-order valence-electron chi connectivity index (χ4n) is 5.19. The number of ketones is 3. The topological polar surface area (TPSA) is 210 Å². The number of hydrogen-bond donors (Lipinski definition) is 1. The van der Waals surface area contributed by atoms with Crippen LogP contribution in [0.4, 0.5) is 15.3 Å². The standard InChI is InChI=1S/C43H57N3O13/c1-26(47)21-34(35(49)22-31(38(52)58-42(7,8)9)23-36(50)57-41(4,5)6)46(24-27(2)48)40(54)55-25-29-13-19-33(20-14-29)56-37(51)30-15-17-32(18-16-30)44-28(3)45-39(53)59-43(10,11)12/h13-20,31,34H,21-25H2,1-12H3,(H,44,45,53)/t31-,34?/m0/s1. The van der Waals surface area contributed by atoms with Crippen LogP contribution in [-0.4, -0.2) is 87.6 Å². The lowest BCUT2D eigenvalue weighted by Gasteiger charge is -2.30. The highest BCUT2D eigenvalue weighted by molar-refractivity contribution is 5.97. The summed E-state index contributed by atoms with van der Waals surface area (Å²) >= 11 is 0. The highest BCUT2D eigenvalue weighted by atomic mass is 16.6. The number of aliphatic imine (C=N–C) groups is 1. The van der Waals surface area contributed by atoms with Gasteiger partial charge in [-0.05, 0) is 125 Å². The quantitative estimate of drug-likeness (QED) is 0.0595. The molecule has 2 aromatic rings. The van der Waals surface area contributed by atoms with Gasteiger partial charge in [0.15, 0.2) is 5.78 Å². The number of carbonyl (C=O) groups excluding carboxylic acids is 8. The molecule has 0 spiro atoms. The number of carbonyl (C=O) groups is 8. The Morgan fingerprint density at radius 3 is 1.75 bits per heavy atom. The fourth-order valence-corrected chi connectivity index (χ4v) is 5.19. The molecule has 2 amide bonds. The van der Waals surface area contributed by atoms with Crippen molar-refractivity contribution in [2.75, 3.05) is 6.54 Å². The molecule has 2 atom stereocenters. The molecule has 16 nitrogen and oxygen atoms in total. The number of hydrogen-bond acceptors (Lipinski definition) is 14. The predicted molar refractivity (Wildman–Crippen MR) is 216 cm³/mol. The number of nitrogens with zero attached hydrogens (tertiary/aromatic N) is 2. The van der Waals surface area contributed by atoms with Crippen molar-refractivity contribution in [3.8, 4) is 5.75 Å². The van der Waals surface area contributed by atoms with E-state index in [1.54, 1.807) is 81.4 Å². The largest absolute Gasteiger partial charge is 0.460 e. The van der Waals surface area contributed by atoms with Gasteiger partial charge in [0.05, 0.1) is 30.1 Å². The number of benzene rings is 2. The highest BCUT2D eigenvalue weighted by Crippen LogP contribution is 2.24. The van der Waals surface area contributed by atoms with E-state index in [9.17, 15) is 38.4 Å². The molecule has 1 N–H and O–H groups in total. The van der Waals surface area contributed by atoms with Crippen LogP contribution in [0.3, 0.4) is 0 Å². The molecule has 0 aromatic heterocycles. The van der Waals surface area contributed by atoms with Gasteiger partial charge < -0.3 is 23.7 Å². The first-order chi connectivity index (χ1) is 27.1. The monoisotopic (exact) mass is 823 g/mol. The molecule has 0 aliphatic rings. The zero-order valence-corrected chi connectivity index (χ0v) is 36.0. The zero-order chi connectivity index (χ0) is 44.9. The minimum absolute atomic E-state index is 0.181. The third-order valence-electron chi connectivity index (χ3n) is 7.45. The van der Waals surface area contributed by atoms with Crippen LogP contribution < -0.4 is 10.1 Å². The van der Waals surface area contributed by atoms with Crippen molar-refractivity contribution >= 4 is 59.0 Å². The lowest BCUT2D eigenvalue weighted by Crippen LogP contribution is -2.49. The molecule has 0 aliphatic heterocycles. The number of nitrogens with one attached hydrogen (secondary N) is 1. The van der Waals surface area contributed by atoms with Gasteiger partial charge in [-0.1, -0.05) is 12.1 Å². The number of amides is 2. The van der Waals surface area contributed by atoms with E-state index >= 15 is 0 Å². The maximum absolute atomic E-state index is 13.8. The first-order valence-electron chi connectivity index (χ1n) is 19.0. The number of amidine groups is 1.